The molecule has 0 aromatic heterocycles. The van der Waals surface area contributed by atoms with Crippen molar-refractivity contribution < 1.29 is 0 Å². The number of benzene rings is 1. The third-order valence-corrected chi connectivity index (χ3v) is 1.55. The minimum Gasteiger partial charge on any atom is -0.399 e. The number of anilines is 1. The zero-order chi connectivity index (χ0) is 8.27. The van der Waals surface area contributed by atoms with Crippen molar-refractivity contribution in [3.8, 4) is 0 Å². The average molecular weight is 148 g/mol. The summed E-state index contributed by atoms with van der Waals surface area (Å²) >= 11 is 0. The number of rotatable bonds is 2. The Kier molecular flexibility index (Phi) is 2.28. The largest absolute Gasteiger partial charge is 0.399 e. The molecular weight excluding hydrogens is 136 g/mol. The molecule has 0 amide bonds. The highest BCUT2D eigenvalue weighted by molar-refractivity contribution is 5.42. The molecule has 0 bridgehead atoms. The van der Waals surface area contributed by atoms with E-state index in [0.717, 1.165) is 11.3 Å². The van der Waals surface area contributed by atoms with E-state index in [9.17, 15) is 0 Å². The average Bonchev–Trinajstić information content (AvgIpc) is 2.03. The molecule has 1 aromatic rings. The van der Waals surface area contributed by atoms with Gasteiger partial charge in [0.25, 0.3) is 0 Å². The molecule has 0 fully saturated rings. The van der Waals surface area contributed by atoms with E-state index in [4.69, 9.17) is 11.5 Å². The molecule has 0 heterocycles. The summed E-state index contributed by atoms with van der Waals surface area (Å²) in [5.74, 6) is 0. The second-order valence-corrected chi connectivity index (χ2v) is 2.43. The number of hydrogen-bond acceptors (Lipinski definition) is 2. The molecule has 2 heteroatoms. The molecule has 1 rings (SSSR count). The van der Waals surface area contributed by atoms with Gasteiger partial charge in [-0.25, -0.2) is 0 Å². The van der Waals surface area contributed by atoms with Crippen molar-refractivity contribution in [3.63, 3.8) is 0 Å². The zero-order valence-corrected chi connectivity index (χ0v) is 6.33. The molecule has 0 saturated heterocycles. The molecule has 1 aromatic carbocycles. The Hall–Kier alpha value is -1.28. The molecule has 11 heavy (non-hydrogen) atoms. The number of hydrogen-bond donors (Lipinski definition) is 2. The Morgan fingerprint density at radius 2 is 2.18 bits per heavy atom. The highest BCUT2D eigenvalue weighted by Gasteiger charge is 1.99. The minimum absolute atomic E-state index is 0.113. The Balaban J connectivity index is 2.95. The van der Waals surface area contributed by atoms with Crippen molar-refractivity contribution in [2.24, 2.45) is 5.73 Å². The van der Waals surface area contributed by atoms with E-state index in [1.54, 1.807) is 6.08 Å². The number of nitrogen functional groups attached to an aromatic ring is 1. The molecule has 0 aliphatic carbocycles. The molecule has 0 saturated carbocycles. The van der Waals surface area contributed by atoms with Gasteiger partial charge in [-0.3, -0.25) is 0 Å². The van der Waals surface area contributed by atoms with E-state index >= 15 is 0 Å². The van der Waals surface area contributed by atoms with Crippen molar-refractivity contribution in [1.29, 1.82) is 0 Å². The van der Waals surface area contributed by atoms with Gasteiger partial charge in [0.05, 0.1) is 0 Å². The van der Waals surface area contributed by atoms with E-state index in [1.807, 2.05) is 24.3 Å². The van der Waals surface area contributed by atoms with Crippen LogP contribution in [0.1, 0.15) is 11.6 Å². The van der Waals surface area contributed by atoms with Crippen LogP contribution >= 0.6 is 0 Å². The topological polar surface area (TPSA) is 52.0 Å². The monoisotopic (exact) mass is 148 g/mol. The third kappa shape index (κ3) is 1.82. The first kappa shape index (κ1) is 7.82. The summed E-state index contributed by atoms with van der Waals surface area (Å²) in [6.45, 7) is 3.60. The lowest BCUT2D eigenvalue weighted by Gasteiger charge is -2.05. The van der Waals surface area contributed by atoms with Gasteiger partial charge in [-0.2, -0.15) is 0 Å². The molecule has 2 nitrogen and oxygen atoms in total. The first-order valence-corrected chi connectivity index (χ1v) is 3.47. The molecule has 4 N–H and O–H groups in total. The van der Waals surface area contributed by atoms with Crippen LogP contribution in [0.2, 0.25) is 0 Å². The predicted octanol–water partition coefficient (Wildman–Crippen LogP) is 1.45. The van der Waals surface area contributed by atoms with E-state index in [2.05, 4.69) is 6.58 Å². The SMILES string of the molecule is C=CC(N)c1cccc(N)c1. The van der Waals surface area contributed by atoms with Crippen LogP contribution in [0.3, 0.4) is 0 Å². The fourth-order valence-electron chi connectivity index (χ4n) is 0.902. The second-order valence-electron chi connectivity index (χ2n) is 2.43. The maximum atomic E-state index is 5.69. The summed E-state index contributed by atoms with van der Waals surface area (Å²) < 4.78 is 0. The molecule has 0 aliphatic rings. The molecule has 0 radical (unpaired) electrons. The highest BCUT2D eigenvalue weighted by Crippen LogP contribution is 2.13. The minimum atomic E-state index is -0.113. The third-order valence-electron chi connectivity index (χ3n) is 1.55. The zero-order valence-electron chi connectivity index (χ0n) is 6.33. The van der Waals surface area contributed by atoms with Gasteiger partial charge in [0.2, 0.25) is 0 Å². The molecule has 1 atom stereocenters. The molecule has 1 unspecified atom stereocenters. The van der Waals surface area contributed by atoms with Gasteiger partial charge >= 0.3 is 0 Å². The van der Waals surface area contributed by atoms with Crippen LogP contribution in [-0.4, -0.2) is 0 Å². The van der Waals surface area contributed by atoms with E-state index in [1.165, 1.54) is 0 Å². The van der Waals surface area contributed by atoms with Crippen LogP contribution in [0, 0.1) is 0 Å². The summed E-state index contributed by atoms with van der Waals surface area (Å²) in [5.41, 5.74) is 13.0. The van der Waals surface area contributed by atoms with Crippen molar-refractivity contribution in [2.45, 2.75) is 6.04 Å². The quantitative estimate of drug-likeness (QED) is 0.492. The van der Waals surface area contributed by atoms with Crippen LogP contribution < -0.4 is 11.5 Å². The van der Waals surface area contributed by atoms with Crippen LogP contribution in [0.15, 0.2) is 36.9 Å². The van der Waals surface area contributed by atoms with E-state index in [0.29, 0.717) is 0 Å². The Morgan fingerprint density at radius 1 is 1.45 bits per heavy atom. The van der Waals surface area contributed by atoms with Crippen molar-refractivity contribution in [2.75, 3.05) is 5.73 Å². The summed E-state index contributed by atoms with van der Waals surface area (Å²) in [6.07, 6.45) is 1.69. The van der Waals surface area contributed by atoms with Crippen LogP contribution in [0.4, 0.5) is 5.69 Å². The highest BCUT2D eigenvalue weighted by atomic mass is 14.6. The van der Waals surface area contributed by atoms with Gasteiger partial charge < -0.3 is 11.5 Å². The molecule has 0 aliphatic heterocycles. The lowest BCUT2D eigenvalue weighted by molar-refractivity contribution is 0.915. The van der Waals surface area contributed by atoms with Gasteiger partial charge in [-0.15, -0.1) is 6.58 Å². The fraction of sp³-hybridized carbons (Fsp3) is 0.111. The maximum absolute atomic E-state index is 5.69. The van der Waals surface area contributed by atoms with Gasteiger partial charge in [-0.05, 0) is 17.7 Å². The Labute approximate surface area is 66.5 Å². The van der Waals surface area contributed by atoms with Gasteiger partial charge in [0, 0.05) is 11.7 Å². The smallest absolute Gasteiger partial charge is 0.0479 e. The van der Waals surface area contributed by atoms with Crippen LogP contribution in [0.5, 0.6) is 0 Å². The molecule has 58 valence electrons. The van der Waals surface area contributed by atoms with E-state index < -0.39 is 0 Å². The standard InChI is InChI=1S/C9H12N2/c1-2-9(11)7-4-3-5-8(10)6-7/h2-6,9H,1,10-11H2. The first-order valence-electron chi connectivity index (χ1n) is 3.47. The van der Waals surface area contributed by atoms with Crippen molar-refractivity contribution in [3.05, 3.63) is 42.5 Å². The summed E-state index contributed by atoms with van der Waals surface area (Å²) in [7, 11) is 0. The van der Waals surface area contributed by atoms with Crippen molar-refractivity contribution >= 4 is 5.69 Å². The first-order chi connectivity index (χ1) is 5.24. The lowest BCUT2D eigenvalue weighted by Crippen LogP contribution is -2.06. The van der Waals surface area contributed by atoms with Crippen molar-refractivity contribution in [1.82, 2.24) is 0 Å². The number of nitrogens with two attached hydrogens (primary N) is 2. The normalized spacial score (nSPS) is 12.5. The van der Waals surface area contributed by atoms with Crippen LogP contribution in [-0.2, 0) is 0 Å². The maximum Gasteiger partial charge on any atom is 0.0479 e. The summed E-state index contributed by atoms with van der Waals surface area (Å²) in [4.78, 5) is 0. The lowest BCUT2D eigenvalue weighted by atomic mass is 10.1. The fourth-order valence-corrected chi connectivity index (χ4v) is 0.902. The van der Waals surface area contributed by atoms with Gasteiger partial charge in [0.1, 0.15) is 0 Å². The Morgan fingerprint density at radius 3 is 2.73 bits per heavy atom. The van der Waals surface area contributed by atoms with Gasteiger partial charge in [0.15, 0.2) is 0 Å². The molecule has 0 spiro atoms. The summed E-state index contributed by atoms with van der Waals surface area (Å²) in [6, 6.07) is 7.39. The van der Waals surface area contributed by atoms with Gasteiger partial charge in [-0.1, -0.05) is 18.2 Å². The summed E-state index contributed by atoms with van der Waals surface area (Å²) in [5, 5.41) is 0. The van der Waals surface area contributed by atoms with E-state index in [-0.39, 0.29) is 6.04 Å². The second kappa shape index (κ2) is 3.21. The predicted molar refractivity (Wildman–Crippen MR) is 48.0 cm³/mol. The Bertz CT molecular complexity index is 255. The molecular formula is C9H12N2. The van der Waals surface area contributed by atoms with Crippen LogP contribution in [0.25, 0.3) is 0 Å².